The average Bonchev–Trinajstić information content (AvgIpc) is 2.33. The fourth-order valence-electron chi connectivity index (χ4n) is 1.65. The summed E-state index contributed by atoms with van der Waals surface area (Å²) < 4.78 is 16.2. The predicted octanol–water partition coefficient (Wildman–Crippen LogP) is 0.244. The number of aliphatic hydroxyl groups excluding tert-OH is 1. The Hall–Kier alpha value is -0.160. The average molecular weight is 174 g/mol. The molecule has 0 aromatic heterocycles. The third kappa shape index (κ3) is 1.15. The summed E-state index contributed by atoms with van der Waals surface area (Å²) in [4.78, 5) is 0. The van der Waals surface area contributed by atoms with Gasteiger partial charge in [-0.1, -0.05) is 0 Å². The molecule has 4 nitrogen and oxygen atoms in total. The SMILES string of the molecule is C[C@@H]1O[C@H]2OC(C)(C)O[C@@H]2[C@@H]1O. The first kappa shape index (κ1) is 8.44. The van der Waals surface area contributed by atoms with Crippen LogP contribution in [-0.2, 0) is 14.2 Å². The van der Waals surface area contributed by atoms with E-state index in [1.54, 1.807) is 0 Å². The lowest BCUT2D eigenvalue weighted by molar-refractivity contribution is -0.212. The zero-order valence-corrected chi connectivity index (χ0v) is 7.48. The third-order valence-electron chi connectivity index (χ3n) is 2.25. The topological polar surface area (TPSA) is 47.9 Å². The van der Waals surface area contributed by atoms with Crippen LogP contribution in [-0.4, -0.2) is 35.5 Å². The Balaban J connectivity index is 2.11. The molecule has 0 saturated carbocycles. The first-order valence-electron chi connectivity index (χ1n) is 4.19. The van der Waals surface area contributed by atoms with E-state index in [4.69, 9.17) is 14.2 Å². The minimum absolute atomic E-state index is 0.198. The highest BCUT2D eigenvalue weighted by atomic mass is 16.8. The molecule has 0 radical (unpaired) electrons. The summed E-state index contributed by atoms with van der Waals surface area (Å²) in [6.45, 7) is 5.43. The van der Waals surface area contributed by atoms with Crippen molar-refractivity contribution >= 4 is 0 Å². The zero-order valence-electron chi connectivity index (χ0n) is 7.48. The molecule has 0 aromatic rings. The molecule has 0 amide bonds. The maximum atomic E-state index is 9.57. The van der Waals surface area contributed by atoms with E-state index in [-0.39, 0.29) is 12.2 Å². The Morgan fingerprint density at radius 1 is 1.25 bits per heavy atom. The Morgan fingerprint density at radius 3 is 2.50 bits per heavy atom. The maximum Gasteiger partial charge on any atom is 0.190 e. The fraction of sp³-hybridized carbons (Fsp3) is 1.00. The molecule has 4 heteroatoms. The molecule has 2 rings (SSSR count). The van der Waals surface area contributed by atoms with Crippen LogP contribution in [0.4, 0.5) is 0 Å². The van der Waals surface area contributed by atoms with Gasteiger partial charge in [0.05, 0.1) is 6.10 Å². The van der Waals surface area contributed by atoms with Crippen molar-refractivity contribution in [2.45, 2.75) is 51.2 Å². The predicted molar refractivity (Wildman–Crippen MR) is 40.4 cm³/mol. The Kier molecular flexibility index (Phi) is 1.70. The summed E-state index contributed by atoms with van der Waals surface area (Å²) in [7, 11) is 0. The van der Waals surface area contributed by atoms with E-state index >= 15 is 0 Å². The second-order valence-corrected chi connectivity index (χ2v) is 3.80. The van der Waals surface area contributed by atoms with Crippen LogP contribution in [0.25, 0.3) is 0 Å². The Labute approximate surface area is 71.4 Å². The largest absolute Gasteiger partial charge is 0.387 e. The summed E-state index contributed by atoms with van der Waals surface area (Å²) in [5.74, 6) is -0.629. The summed E-state index contributed by atoms with van der Waals surface area (Å²) in [5, 5.41) is 9.57. The van der Waals surface area contributed by atoms with Gasteiger partial charge in [0.1, 0.15) is 12.2 Å². The number of hydrogen-bond donors (Lipinski definition) is 1. The number of rotatable bonds is 0. The van der Waals surface area contributed by atoms with Crippen molar-refractivity contribution in [2.75, 3.05) is 0 Å². The number of hydrogen-bond acceptors (Lipinski definition) is 4. The van der Waals surface area contributed by atoms with Gasteiger partial charge in [0, 0.05) is 0 Å². The van der Waals surface area contributed by atoms with Gasteiger partial charge in [0.25, 0.3) is 0 Å². The lowest BCUT2D eigenvalue weighted by Gasteiger charge is -2.20. The van der Waals surface area contributed by atoms with E-state index in [0.717, 1.165) is 0 Å². The van der Waals surface area contributed by atoms with E-state index in [1.165, 1.54) is 0 Å². The second-order valence-electron chi connectivity index (χ2n) is 3.80. The molecule has 2 fully saturated rings. The van der Waals surface area contributed by atoms with Crippen molar-refractivity contribution in [1.29, 1.82) is 0 Å². The van der Waals surface area contributed by atoms with Crippen LogP contribution in [0.15, 0.2) is 0 Å². The van der Waals surface area contributed by atoms with E-state index in [0.29, 0.717) is 0 Å². The molecule has 0 aromatic carbocycles. The van der Waals surface area contributed by atoms with E-state index in [1.807, 2.05) is 20.8 Å². The van der Waals surface area contributed by atoms with Crippen LogP contribution in [0.5, 0.6) is 0 Å². The van der Waals surface area contributed by atoms with E-state index < -0.39 is 18.2 Å². The molecular formula is C8H14O4. The fourth-order valence-corrected chi connectivity index (χ4v) is 1.65. The minimum atomic E-state index is -0.629. The lowest BCUT2D eigenvalue weighted by atomic mass is 10.2. The number of fused-ring (bicyclic) bond motifs is 1. The van der Waals surface area contributed by atoms with Gasteiger partial charge < -0.3 is 19.3 Å². The van der Waals surface area contributed by atoms with E-state index in [9.17, 15) is 5.11 Å². The van der Waals surface area contributed by atoms with Gasteiger partial charge in [-0.3, -0.25) is 0 Å². The Bertz CT molecular complexity index is 191. The normalized spacial score (nSPS) is 51.0. The van der Waals surface area contributed by atoms with Gasteiger partial charge in [0.15, 0.2) is 12.1 Å². The highest BCUT2D eigenvalue weighted by molar-refractivity contribution is 4.90. The highest BCUT2D eigenvalue weighted by Crippen LogP contribution is 2.36. The second kappa shape index (κ2) is 2.42. The van der Waals surface area contributed by atoms with Crippen LogP contribution >= 0.6 is 0 Å². The summed E-state index contributed by atoms with van der Waals surface area (Å²) in [5.41, 5.74) is 0. The Morgan fingerprint density at radius 2 is 1.92 bits per heavy atom. The van der Waals surface area contributed by atoms with Gasteiger partial charge in [-0.2, -0.15) is 0 Å². The van der Waals surface area contributed by atoms with Crippen LogP contribution in [0, 0.1) is 0 Å². The van der Waals surface area contributed by atoms with Crippen LogP contribution in [0.3, 0.4) is 0 Å². The lowest BCUT2D eigenvalue weighted by Crippen LogP contribution is -2.33. The molecule has 2 saturated heterocycles. The molecule has 0 bridgehead atoms. The standard InChI is InChI=1S/C8H14O4/c1-4-5(9)6-7(10-4)12-8(2,3)11-6/h4-7,9H,1-3H3/t4-,5+,6+,7-/m0/s1. The first-order chi connectivity index (χ1) is 5.49. The van der Waals surface area contributed by atoms with Gasteiger partial charge in [-0.15, -0.1) is 0 Å². The van der Waals surface area contributed by atoms with Crippen molar-refractivity contribution in [1.82, 2.24) is 0 Å². The van der Waals surface area contributed by atoms with Gasteiger partial charge in [0.2, 0.25) is 0 Å². The molecule has 1 N–H and O–H groups in total. The van der Waals surface area contributed by atoms with Gasteiger partial charge in [-0.25, -0.2) is 0 Å². The highest BCUT2D eigenvalue weighted by Gasteiger charge is 2.52. The summed E-state index contributed by atoms with van der Waals surface area (Å²) in [6.07, 6.45) is -1.49. The maximum absolute atomic E-state index is 9.57. The number of ether oxygens (including phenoxy) is 3. The molecule has 12 heavy (non-hydrogen) atoms. The molecule has 0 aliphatic carbocycles. The third-order valence-corrected chi connectivity index (χ3v) is 2.25. The van der Waals surface area contributed by atoms with Crippen LogP contribution in [0.2, 0.25) is 0 Å². The molecular weight excluding hydrogens is 160 g/mol. The van der Waals surface area contributed by atoms with Crippen molar-refractivity contribution in [2.24, 2.45) is 0 Å². The molecule has 4 atom stereocenters. The quantitative estimate of drug-likeness (QED) is 0.571. The summed E-state index contributed by atoms with van der Waals surface area (Å²) in [6, 6.07) is 0. The van der Waals surface area contributed by atoms with Crippen LogP contribution in [0.1, 0.15) is 20.8 Å². The van der Waals surface area contributed by atoms with Crippen LogP contribution < -0.4 is 0 Å². The van der Waals surface area contributed by atoms with Gasteiger partial charge in [-0.05, 0) is 20.8 Å². The smallest absolute Gasteiger partial charge is 0.190 e. The molecule has 0 unspecified atom stereocenters. The molecule has 70 valence electrons. The van der Waals surface area contributed by atoms with Crippen molar-refractivity contribution < 1.29 is 19.3 Å². The summed E-state index contributed by atoms with van der Waals surface area (Å²) >= 11 is 0. The van der Waals surface area contributed by atoms with E-state index in [2.05, 4.69) is 0 Å². The van der Waals surface area contributed by atoms with Crippen molar-refractivity contribution in [3.05, 3.63) is 0 Å². The molecule has 2 aliphatic rings. The number of aliphatic hydroxyl groups is 1. The molecule has 0 spiro atoms. The first-order valence-corrected chi connectivity index (χ1v) is 4.19. The zero-order chi connectivity index (χ0) is 8.93. The molecule has 2 aliphatic heterocycles. The van der Waals surface area contributed by atoms with Gasteiger partial charge >= 0.3 is 0 Å². The minimum Gasteiger partial charge on any atom is -0.387 e. The monoisotopic (exact) mass is 174 g/mol. The van der Waals surface area contributed by atoms with Crippen molar-refractivity contribution in [3.63, 3.8) is 0 Å². The molecule has 2 heterocycles. The van der Waals surface area contributed by atoms with Crippen molar-refractivity contribution in [3.8, 4) is 0 Å².